The van der Waals surface area contributed by atoms with E-state index < -0.39 is 0 Å². The molecule has 0 unspecified atom stereocenters. The van der Waals surface area contributed by atoms with E-state index >= 15 is 0 Å². The third-order valence-electron chi connectivity index (χ3n) is 6.68. The lowest BCUT2D eigenvalue weighted by Gasteiger charge is -2.44. The second-order valence-electron chi connectivity index (χ2n) is 8.78. The van der Waals surface area contributed by atoms with E-state index in [-0.39, 0.29) is 0 Å². The molecule has 0 bridgehead atoms. The topological polar surface area (TPSA) is 77.5 Å². The van der Waals surface area contributed by atoms with Gasteiger partial charge in [0.15, 0.2) is 0 Å². The molecule has 2 aromatic carbocycles. The van der Waals surface area contributed by atoms with Crippen molar-refractivity contribution in [2.75, 3.05) is 18.8 Å². The van der Waals surface area contributed by atoms with Crippen LogP contribution in [-0.4, -0.2) is 27.5 Å². The number of aromatic nitrogens is 3. The molecule has 32 heavy (non-hydrogen) atoms. The zero-order valence-electron chi connectivity index (χ0n) is 17.8. The number of nitrogens with zero attached hydrogens (tertiary/aromatic N) is 3. The number of fused-ring (bicyclic) bond motifs is 1. The van der Waals surface area contributed by atoms with E-state index in [0.717, 1.165) is 60.0 Å². The van der Waals surface area contributed by atoms with E-state index in [1.807, 2.05) is 65.1 Å². The molecular formula is C26H25N5O. The number of allylic oxidation sites excluding steroid dienone is 2. The average molecular weight is 424 g/mol. The number of rotatable bonds is 4. The summed E-state index contributed by atoms with van der Waals surface area (Å²) in [6.07, 6.45) is 7.49. The Morgan fingerprint density at radius 1 is 0.969 bits per heavy atom. The number of hydrogen-bond donors (Lipinski definition) is 2. The molecule has 2 aliphatic rings. The first kappa shape index (κ1) is 19.1. The first-order chi connectivity index (χ1) is 15.7. The summed E-state index contributed by atoms with van der Waals surface area (Å²) in [6, 6.07) is 19.7. The Kier molecular flexibility index (Phi) is 4.47. The van der Waals surface area contributed by atoms with Crippen molar-refractivity contribution >= 4 is 17.0 Å². The summed E-state index contributed by atoms with van der Waals surface area (Å²) in [7, 11) is 0. The molecule has 1 aliphatic carbocycles. The van der Waals surface area contributed by atoms with Gasteiger partial charge in [-0.05, 0) is 72.7 Å². The second-order valence-corrected chi connectivity index (χ2v) is 8.78. The molecule has 6 heteroatoms. The fourth-order valence-corrected chi connectivity index (χ4v) is 4.75. The predicted molar refractivity (Wildman–Crippen MR) is 126 cm³/mol. The minimum absolute atomic E-state index is 0.442. The molecule has 1 fully saturated rings. The van der Waals surface area contributed by atoms with E-state index in [4.69, 9.17) is 15.5 Å². The van der Waals surface area contributed by atoms with Gasteiger partial charge in [-0.25, -0.2) is 9.97 Å². The molecule has 0 atom stereocenters. The predicted octanol–water partition coefficient (Wildman–Crippen LogP) is 4.93. The third kappa shape index (κ3) is 3.24. The van der Waals surface area contributed by atoms with Crippen LogP contribution in [0.5, 0.6) is 11.5 Å². The maximum Gasteiger partial charge on any atom is 0.206 e. The molecule has 3 N–H and O–H groups in total. The first-order valence-electron chi connectivity index (χ1n) is 11.1. The number of nitrogens with two attached hydrogens (primary N) is 1. The van der Waals surface area contributed by atoms with Gasteiger partial charge in [0.25, 0.3) is 0 Å². The van der Waals surface area contributed by atoms with Crippen LogP contribution in [-0.2, 0) is 0 Å². The number of hydrogen-bond acceptors (Lipinski definition) is 5. The summed E-state index contributed by atoms with van der Waals surface area (Å²) in [5.74, 6) is 2.84. The lowest BCUT2D eigenvalue weighted by molar-refractivity contribution is 0.153. The Balaban J connectivity index is 1.37. The summed E-state index contributed by atoms with van der Waals surface area (Å²) < 4.78 is 7.89. The largest absolute Gasteiger partial charge is 0.457 e. The Bertz CT molecular complexity index is 1300. The summed E-state index contributed by atoms with van der Waals surface area (Å²) in [5, 5.41) is 3.42. The van der Waals surface area contributed by atoms with Crippen LogP contribution in [0.4, 0.5) is 5.95 Å². The van der Waals surface area contributed by atoms with Crippen LogP contribution in [0.2, 0.25) is 0 Å². The van der Waals surface area contributed by atoms with Crippen LogP contribution in [0.15, 0.2) is 72.9 Å². The fourth-order valence-electron chi connectivity index (χ4n) is 4.75. The van der Waals surface area contributed by atoms with Crippen molar-refractivity contribution in [1.29, 1.82) is 0 Å². The van der Waals surface area contributed by atoms with Gasteiger partial charge < -0.3 is 15.8 Å². The van der Waals surface area contributed by atoms with Gasteiger partial charge in [0.1, 0.15) is 17.3 Å². The van der Waals surface area contributed by atoms with Crippen molar-refractivity contribution < 1.29 is 4.74 Å². The molecule has 0 amide bonds. The summed E-state index contributed by atoms with van der Waals surface area (Å²) >= 11 is 0. The Labute approximate surface area is 186 Å². The van der Waals surface area contributed by atoms with Crippen molar-refractivity contribution in [3.05, 3.63) is 78.6 Å². The summed E-state index contributed by atoms with van der Waals surface area (Å²) in [5.41, 5.74) is 11.1. The molecular weight excluding hydrogens is 398 g/mol. The highest BCUT2D eigenvalue weighted by molar-refractivity contribution is 5.81. The van der Waals surface area contributed by atoms with E-state index in [0.29, 0.717) is 11.4 Å². The smallest absolute Gasteiger partial charge is 0.206 e. The van der Waals surface area contributed by atoms with Crippen LogP contribution in [0.25, 0.3) is 22.5 Å². The molecule has 2 aromatic heterocycles. The van der Waals surface area contributed by atoms with Crippen molar-refractivity contribution in [3.63, 3.8) is 0 Å². The Morgan fingerprint density at radius 3 is 2.44 bits per heavy atom. The summed E-state index contributed by atoms with van der Waals surface area (Å²) in [6.45, 7) is 2.25. The van der Waals surface area contributed by atoms with Crippen molar-refractivity contribution in [2.45, 2.75) is 19.3 Å². The van der Waals surface area contributed by atoms with Crippen LogP contribution in [0.1, 0.15) is 25.0 Å². The van der Waals surface area contributed by atoms with Gasteiger partial charge in [0, 0.05) is 24.8 Å². The number of anilines is 1. The number of benzene rings is 2. The van der Waals surface area contributed by atoms with Crippen LogP contribution < -0.4 is 15.8 Å². The first-order valence-corrected chi connectivity index (χ1v) is 11.1. The molecule has 6 rings (SSSR count). The van der Waals surface area contributed by atoms with Crippen molar-refractivity contribution in [1.82, 2.24) is 19.7 Å². The minimum Gasteiger partial charge on any atom is -0.457 e. The normalized spacial score (nSPS) is 17.2. The van der Waals surface area contributed by atoms with E-state index in [1.165, 1.54) is 12.0 Å². The maximum atomic E-state index is 6.30. The minimum atomic E-state index is 0.442. The van der Waals surface area contributed by atoms with E-state index in [9.17, 15) is 0 Å². The Morgan fingerprint density at radius 2 is 1.75 bits per heavy atom. The van der Waals surface area contributed by atoms with Crippen molar-refractivity contribution in [3.8, 4) is 22.9 Å². The van der Waals surface area contributed by atoms with Crippen LogP contribution >= 0.6 is 0 Å². The van der Waals surface area contributed by atoms with Crippen LogP contribution in [0.3, 0.4) is 0 Å². The molecule has 3 heterocycles. The number of imidazole rings is 1. The lowest BCUT2D eigenvalue weighted by Crippen LogP contribution is -2.53. The van der Waals surface area contributed by atoms with E-state index in [1.54, 1.807) is 6.20 Å². The zero-order chi connectivity index (χ0) is 21.5. The van der Waals surface area contributed by atoms with Crippen LogP contribution in [0, 0.1) is 5.41 Å². The average Bonchev–Trinajstić information content (AvgIpc) is 3.20. The monoisotopic (exact) mass is 423 g/mol. The number of nitrogens with one attached hydrogen (secondary N) is 1. The highest BCUT2D eigenvalue weighted by atomic mass is 16.5. The lowest BCUT2D eigenvalue weighted by atomic mass is 9.70. The third-order valence-corrected chi connectivity index (χ3v) is 6.68. The SMILES string of the molecule is Nc1nccc2c(C3=CCC4(CC3)CNC4)nc(-c3ccc(Oc4ccccc4)cc3)n12. The zero-order valence-corrected chi connectivity index (χ0v) is 17.8. The molecule has 1 saturated heterocycles. The molecule has 1 aliphatic heterocycles. The van der Waals surface area contributed by atoms with Gasteiger partial charge in [0.05, 0.1) is 11.2 Å². The number of ether oxygens (including phenoxy) is 1. The highest BCUT2D eigenvalue weighted by Crippen LogP contribution is 2.42. The maximum absolute atomic E-state index is 6.30. The second kappa shape index (κ2) is 7.50. The van der Waals surface area contributed by atoms with Crippen molar-refractivity contribution in [2.24, 2.45) is 5.41 Å². The summed E-state index contributed by atoms with van der Waals surface area (Å²) in [4.78, 5) is 9.39. The van der Waals surface area contributed by atoms with Gasteiger partial charge in [-0.3, -0.25) is 4.40 Å². The number of nitrogen functional groups attached to an aromatic ring is 1. The van der Waals surface area contributed by atoms with Gasteiger partial charge in [-0.1, -0.05) is 24.3 Å². The Hall–Kier alpha value is -3.64. The van der Waals surface area contributed by atoms with Gasteiger partial charge in [-0.15, -0.1) is 0 Å². The number of para-hydroxylation sites is 1. The standard InChI is InChI=1S/C26H25N5O/c27-25-29-15-12-22-23(18-10-13-26(14-11-18)16-28-17-26)30-24(31(22)25)19-6-8-21(9-7-19)32-20-4-2-1-3-5-20/h1-10,12,15,28H,11,13-14,16-17H2,(H2,27,29). The molecule has 1 spiro atoms. The fraction of sp³-hybridized carbons (Fsp3) is 0.231. The molecule has 4 aromatic rings. The van der Waals surface area contributed by atoms with Gasteiger partial charge in [0.2, 0.25) is 5.95 Å². The van der Waals surface area contributed by atoms with E-state index in [2.05, 4.69) is 16.4 Å². The molecule has 0 radical (unpaired) electrons. The molecule has 0 saturated carbocycles. The van der Waals surface area contributed by atoms with Gasteiger partial charge >= 0.3 is 0 Å². The van der Waals surface area contributed by atoms with Gasteiger partial charge in [-0.2, -0.15) is 0 Å². The molecule has 6 nitrogen and oxygen atoms in total. The highest BCUT2D eigenvalue weighted by Gasteiger charge is 2.38. The molecule has 160 valence electrons. The quantitative estimate of drug-likeness (QED) is 0.487.